The summed E-state index contributed by atoms with van der Waals surface area (Å²) in [5, 5.41) is 0. The van der Waals surface area contributed by atoms with Crippen LogP contribution in [0.2, 0.25) is 0 Å². The smallest absolute Gasteiger partial charge is 0.325 e. The van der Waals surface area contributed by atoms with E-state index in [0.717, 1.165) is 36.4 Å². The SMILES string of the molecule is CCN(CC)C(=O)N(CC)CCc1ccc(N(C)C(=O)N(C)c2ccccc2)cc1. The number of urea groups is 2. The number of hydrogen-bond acceptors (Lipinski definition) is 2. The molecule has 162 valence electrons. The predicted octanol–water partition coefficient (Wildman–Crippen LogP) is 4.71. The number of anilines is 2. The van der Waals surface area contributed by atoms with Gasteiger partial charge in [0.1, 0.15) is 0 Å². The van der Waals surface area contributed by atoms with Crippen molar-refractivity contribution in [1.29, 1.82) is 0 Å². The average Bonchev–Trinajstić information content (AvgIpc) is 2.79. The molecule has 6 nitrogen and oxygen atoms in total. The van der Waals surface area contributed by atoms with E-state index in [0.29, 0.717) is 13.1 Å². The fourth-order valence-electron chi connectivity index (χ4n) is 3.33. The third kappa shape index (κ3) is 5.75. The zero-order valence-electron chi connectivity index (χ0n) is 18.8. The summed E-state index contributed by atoms with van der Waals surface area (Å²) >= 11 is 0. The van der Waals surface area contributed by atoms with Gasteiger partial charge in [0.2, 0.25) is 0 Å². The van der Waals surface area contributed by atoms with Gasteiger partial charge in [-0.25, -0.2) is 9.59 Å². The molecule has 0 bridgehead atoms. The highest BCUT2D eigenvalue weighted by atomic mass is 16.2. The fourth-order valence-corrected chi connectivity index (χ4v) is 3.33. The quantitative estimate of drug-likeness (QED) is 0.633. The Kier molecular flexibility index (Phi) is 8.71. The van der Waals surface area contributed by atoms with Gasteiger partial charge in [0.15, 0.2) is 0 Å². The van der Waals surface area contributed by atoms with Crippen molar-refractivity contribution >= 4 is 23.4 Å². The van der Waals surface area contributed by atoms with E-state index in [1.54, 1.807) is 23.9 Å². The number of para-hydroxylation sites is 1. The summed E-state index contributed by atoms with van der Waals surface area (Å²) in [4.78, 5) is 32.3. The molecule has 0 N–H and O–H groups in total. The first-order valence-electron chi connectivity index (χ1n) is 10.6. The molecule has 0 unspecified atom stereocenters. The normalized spacial score (nSPS) is 10.4. The van der Waals surface area contributed by atoms with Crippen LogP contribution in [0.3, 0.4) is 0 Å². The van der Waals surface area contributed by atoms with Crippen molar-refractivity contribution in [3.63, 3.8) is 0 Å². The fraction of sp³-hybridized carbons (Fsp3) is 0.417. The molecule has 0 spiro atoms. The Morgan fingerprint density at radius 1 is 0.667 bits per heavy atom. The summed E-state index contributed by atoms with van der Waals surface area (Å²) in [6, 6.07) is 17.5. The Bertz CT molecular complexity index is 804. The van der Waals surface area contributed by atoms with E-state index in [2.05, 4.69) is 0 Å². The van der Waals surface area contributed by atoms with Gasteiger partial charge in [-0.2, -0.15) is 0 Å². The van der Waals surface area contributed by atoms with Crippen molar-refractivity contribution in [2.24, 2.45) is 0 Å². The van der Waals surface area contributed by atoms with Gasteiger partial charge in [-0.3, -0.25) is 9.80 Å². The lowest BCUT2D eigenvalue weighted by Crippen LogP contribution is -2.43. The molecule has 0 aliphatic heterocycles. The van der Waals surface area contributed by atoms with Crippen LogP contribution in [0, 0.1) is 0 Å². The van der Waals surface area contributed by atoms with Crippen molar-refractivity contribution < 1.29 is 9.59 Å². The number of likely N-dealkylation sites (N-methyl/N-ethyl adjacent to an activating group) is 1. The van der Waals surface area contributed by atoms with Crippen molar-refractivity contribution in [3.8, 4) is 0 Å². The second kappa shape index (κ2) is 11.2. The number of benzene rings is 2. The molecule has 30 heavy (non-hydrogen) atoms. The highest BCUT2D eigenvalue weighted by Crippen LogP contribution is 2.19. The van der Waals surface area contributed by atoms with Crippen LogP contribution >= 0.6 is 0 Å². The second-order valence-corrected chi connectivity index (χ2v) is 7.19. The first-order chi connectivity index (χ1) is 14.4. The van der Waals surface area contributed by atoms with Crippen LogP contribution in [-0.4, -0.2) is 62.1 Å². The van der Waals surface area contributed by atoms with Crippen LogP contribution in [0.5, 0.6) is 0 Å². The zero-order valence-corrected chi connectivity index (χ0v) is 18.8. The molecule has 0 heterocycles. The zero-order chi connectivity index (χ0) is 22.1. The molecule has 0 aliphatic rings. The lowest BCUT2D eigenvalue weighted by molar-refractivity contribution is 0.160. The summed E-state index contributed by atoms with van der Waals surface area (Å²) in [6.07, 6.45) is 0.780. The van der Waals surface area contributed by atoms with E-state index in [9.17, 15) is 9.59 Å². The molecule has 2 aromatic carbocycles. The van der Waals surface area contributed by atoms with E-state index in [-0.39, 0.29) is 12.1 Å². The lowest BCUT2D eigenvalue weighted by Gasteiger charge is -2.28. The highest BCUT2D eigenvalue weighted by Gasteiger charge is 2.18. The van der Waals surface area contributed by atoms with Crippen molar-refractivity contribution in [3.05, 3.63) is 60.2 Å². The number of rotatable bonds is 8. The molecular weight excluding hydrogens is 376 g/mol. The van der Waals surface area contributed by atoms with Gasteiger partial charge in [0, 0.05) is 51.6 Å². The maximum absolute atomic E-state index is 12.8. The molecule has 6 heteroatoms. The monoisotopic (exact) mass is 410 g/mol. The van der Waals surface area contributed by atoms with Crippen molar-refractivity contribution in [2.45, 2.75) is 27.2 Å². The van der Waals surface area contributed by atoms with E-state index in [1.807, 2.05) is 85.2 Å². The molecule has 2 aromatic rings. The predicted molar refractivity (Wildman–Crippen MR) is 124 cm³/mol. The third-order valence-corrected chi connectivity index (χ3v) is 5.40. The van der Waals surface area contributed by atoms with Gasteiger partial charge >= 0.3 is 12.1 Å². The Labute approximate surface area is 180 Å². The van der Waals surface area contributed by atoms with Crippen LogP contribution in [0.4, 0.5) is 21.0 Å². The summed E-state index contributed by atoms with van der Waals surface area (Å²) in [5.41, 5.74) is 2.82. The Hall–Kier alpha value is -3.02. The van der Waals surface area contributed by atoms with E-state index >= 15 is 0 Å². The molecule has 0 aliphatic carbocycles. The molecule has 4 amide bonds. The van der Waals surface area contributed by atoms with Crippen molar-refractivity contribution in [2.75, 3.05) is 50.1 Å². The van der Waals surface area contributed by atoms with Gasteiger partial charge in [-0.1, -0.05) is 30.3 Å². The molecule has 0 fully saturated rings. The number of carbonyl (C=O) groups is 2. The highest BCUT2D eigenvalue weighted by molar-refractivity contribution is 6.02. The Morgan fingerprint density at radius 2 is 1.17 bits per heavy atom. The Balaban J connectivity index is 1.98. The summed E-state index contributed by atoms with van der Waals surface area (Å²) in [6.45, 7) is 8.82. The summed E-state index contributed by atoms with van der Waals surface area (Å²) < 4.78 is 0. The van der Waals surface area contributed by atoms with Gasteiger partial charge in [0.25, 0.3) is 0 Å². The van der Waals surface area contributed by atoms with Gasteiger partial charge in [0.05, 0.1) is 0 Å². The van der Waals surface area contributed by atoms with E-state index in [1.165, 1.54) is 0 Å². The van der Waals surface area contributed by atoms with Crippen LogP contribution < -0.4 is 9.80 Å². The number of amides is 4. The first kappa shape index (κ1) is 23.3. The minimum Gasteiger partial charge on any atom is -0.325 e. The average molecular weight is 411 g/mol. The van der Waals surface area contributed by atoms with Crippen LogP contribution in [0.15, 0.2) is 54.6 Å². The summed E-state index contributed by atoms with van der Waals surface area (Å²) in [7, 11) is 3.55. The third-order valence-electron chi connectivity index (χ3n) is 5.40. The largest absolute Gasteiger partial charge is 0.328 e. The molecule has 0 radical (unpaired) electrons. The molecule has 0 saturated carbocycles. The molecule has 0 atom stereocenters. The van der Waals surface area contributed by atoms with Gasteiger partial charge < -0.3 is 9.80 Å². The molecule has 0 saturated heterocycles. The van der Waals surface area contributed by atoms with Crippen LogP contribution in [0.25, 0.3) is 0 Å². The number of carbonyl (C=O) groups excluding carboxylic acids is 2. The number of hydrogen-bond donors (Lipinski definition) is 0. The molecule has 0 aromatic heterocycles. The van der Waals surface area contributed by atoms with Crippen molar-refractivity contribution in [1.82, 2.24) is 9.80 Å². The van der Waals surface area contributed by atoms with Crippen LogP contribution in [0.1, 0.15) is 26.3 Å². The first-order valence-corrected chi connectivity index (χ1v) is 10.6. The lowest BCUT2D eigenvalue weighted by atomic mass is 10.1. The summed E-state index contributed by atoms with van der Waals surface area (Å²) in [5.74, 6) is 0. The van der Waals surface area contributed by atoms with E-state index in [4.69, 9.17) is 0 Å². The number of nitrogens with zero attached hydrogens (tertiary/aromatic N) is 4. The maximum Gasteiger partial charge on any atom is 0.328 e. The van der Waals surface area contributed by atoms with E-state index < -0.39 is 0 Å². The second-order valence-electron chi connectivity index (χ2n) is 7.19. The minimum atomic E-state index is -0.101. The van der Waals surface area contributed by atoms with Crippen LogP contribution in [-0.2, 0) is 6.42 Å². The van der Waals surface area contributed by atoms with Gasteiger partial charge in [-0.05, 0) is 57.0 Å². The maximum atomic E-state index is 12.8. The molecular formula is C24H34N4O2. The Morgan fingerprint density at radius 3 is 1.67 bits per heavy atom. The standard InChI is InChI=1S/C24H34N4O2/c1-6-27(7-2)24(30)28(8-3)19-18-20-14-16-22(17-15-20)26(5)23(29)25(4)21-12-10-9-11-13-21/h9-17H,6-8,18-19H2,1-5H3. The molecule has 2 rings (SSSR count). The topological polar surface area (TPSA) is 47.1 Å². The minimum absolute atomic E-state index is 0.0911. The van der Waals surface area contributed by atoms with Gasteiger partial charge in [-0.15, -0.1) is 0 Å².